The van der Waals surface area contributed by atoms with Gasteiger partial charge in [-0.1, -0.05) is 6.92 Å². The average Bonchev–Trinajstić information content (AvgIpc) is 2.11. The van der Waals surface area contributed by atoms with Crippen molar-refractivity contribution in [2.24, 2.45) is 0 Å². The number of ether oxygens (including phenoxy) is 1. The van der Waals surface area contributed by atoms with E-state index in [0.717, 1.165) is 12.1 Å². The van der Waals surface area contributed by atoms with E-state index >= 15 is 0 Å². The zero-order valence-electron chi connectivity index (χ0n) is 7.92. The number of nitrogens with one attached hydrogen (secondary N) is 1. The molecule has 0 amide bonds. The lowest BCUT2D eigenvalue weighted by Gasteiger charge is -2.08. The Morgan fingerprint density at radius 1 is 1.75 bits per heavy atom. The fourth-order valence-corrected chi connectivity index (χ4v) is 0.806. The fraction of sp³-hybridized carbons (Fsp3) is 0.667. The molecule has 1 unspecified atom stereocenters. The van der Waals surface area contributed by atoms with Gasteiger partial charge < -0.3 is 10.1 Å². The summed E-state index contributed by atoms with van der Waals surface area (Å²) in [7, 11) is 1.67. The van der Waals surface area contributed by atoms with E-state index in [1.165, 1.54) is 0 Å². The number of rotatable bonds is 5. The van der Waals surface area contributed by atoms with Crippen LogP contribution in [0.2, 0.25) is 0 Å². The number of hydrogen-bond acceptors (Lipinski definition) is 3. The molecular weight excluding hydrogens is 152 g/mol. The van der Waals surface area contributed by atoms with Crippen molar-refractivity contribution in [1.82, 2.24) is 5.32 Å². The standard InChI is InChI=1S/C9H16N2O/c1-4-9(11-6-5-10)7-8(2)12-3/h7-8,11H,4,6H2,1-3H3/b9-7+. The van der Waals surface area contributed by atoms with Gasteiger partial charge in [0.05, 0.1) is 12.2 Å². The lowest BCUT2D eigenvalue weighted by Crippen LogP contribution is -2.15. The molecule has 3 nitrogen and oxygen atoms in total. The van der Waals surface area contributed by atoms with Gasteiger partial charge in [0, 0.05) is 12.8 Å². The van der Waals surface area contributed by atoms with Crippen LogP contribution < -0.4 is 5.32 Å². The highest BCUT2D eigenvalue weighted by atomic mass is 16.5. The maximum absolute atomic E-state index is 8.33. The van der Waals surface area contributed by atoms with Crippen LogP contribution in [0.4, 0.5) is 0 Å². The summed E-state index contributed by atoms with van der Waals surface area (Å²) >= 11 is 0. The van der Waals surface area contributed by atoms with Crippen LogP contribution in [0.5, 0.6) is 0 Å². The molecule has 0 saturated heterocycles. The van der Waals surface area contributed by atoms with Crippen LogP contribution in [0.15, 0.2) is 11.8 Å². The largest absolute Gasteiger partial charge is 0.378 e. The lowest BCUT2D eigenvalue weighted by molar-refractivity contribution is 0.155. The second-order valence-electron chi connectivity index (χ2n) is 2.50. The summed E-state index contributed by atoms with van der Waals surface area (Å²) in [5.74, 6) is 0. The highest BCUT2D eigenvalue weighted by Crippen LogP contribution is 1.99. The number of hydrogen-bond donors (Lipinski definition) is 1. The van der Waals surface area contributed by atoms with Gasteiger partial charge in [-0.2, -0.15) is 5.26 Å². The van der Waals surface area contributed by atoms with Gasteiger partial charge in [0.25, 0.3) is 0 Å². The molecule has 0 bridgehead atoms. The Balaban J connectivity index is 3.96. The molecule has 0 saturated carbocycles. The topological polar surface area (TPSA) is 45.0 Å². The molecule has 3 heteroatoms. The van der Waals surface area contributed by atoms with Crippen LogP contribution >= 0.6 is 0 Å². The number of nitriles is 1. The van der Waals surface area contributed by atoms with Crippen molar-refractivity contribution in [1.29, 1.82) is 5.26 Å². The molecule has 0 rings (SSSR count). The van der Waals surface area contributed by atoms with E-state index in [9.17, 15) is 0 Å². The van der Waals surface area contributed by atoms with E-state index in [1.807, 2.05) is 26.0 Å². The Kier molecular flexibility index (Phi) is 6.12. The summed E-state index contributed by atoms with van der Waals surface area (Å²) in [5.41, 5.74) is 1.06. The molecule has 0 aliphatic heterocycles. The first-order chi connectivity index (χ1) is 5.74. The minimum atomic E-state index is 0.103. The van der Waals surface area contributed by atoms with Crippen LogP contribution in [0.1, 0.15) is 20.3 Å². The Labute approximate surface area is 74.0 Å². The molecule has 0 spiro atoms. The van der Waals surface area contributed by atoms with Crippen molar-refractivity contribution < 1.29 is 4.74 Å². The van der Waals surface area contributed by atoms with Gasteiger partial charge in [0.2, 0.25) is 0 Å². The van der Waals surface area contributed by atoms with Gasteiger partial charge in [0.1, 0.15) is 6.54 Å². The first-order valence-corrected chi connectivity index (χ1v) is 4.08. The van der Waals surface area contributed by atoms with E-state index in [-0.39, 0.29) is 6.10 Å². The van der Waals surface area contributed by atoms with Gasteiger partial charge in [-0.15, -0.1) is 0 Å². The third-order valence-electron chi connectivity index (χ3n) is 1.58. The third-order valence-corrected chi connectivity index (χ3v) is 1.58. The molecule has 0 heterocycles. The number of allylic oxidation sites excluding steroid dienone is 1. The highest BCUT2D eigenvalue weighted by molar-refractivity contribution is 5.03. The average molecular weight is 168 g/mol. The predicted molar refractivity (Wildman–Crippen MR) is 48.5 cm³/mol. The van der Waals surface area contributed by atoms with Crippen molar-refractivity contribution in [3.05, 3.63) is 11.8 Å². The van der Waals surface area contributed by atoms with Crippen molar-refractivity contribution in [2.45, 2.75) is 26.4 Å². The van der Waals surface area contributed by atoms with Crippen LogP contribution in [0.3, 0.4) is 0 Å². The first kappa shape index (κ1) is 11.0. The second-order valence-corrected chi connectivity index (χ2v) is 2.50. The van der Waals surface area contributed by atoms with E-state index in [0.29, 0.717) is 6.54 Å². The van der Waals surface area contributed by atoms with Crippen LogP contribution in [-0.2, 0) is 4.74 Å². The van der Waals surface area contributed by atoms with Gasteiger partial charge in [-0.3, -0.25) is 0 Å². The first-order valence-electron chi connectivity index (χ1n) is 4.08. The summed E-state index contributed by atoms with van der Waals surface area (Å²) < 4.78 is 5.06. The molecule has 0 aliphatic carbocycles. The smallest absolute Gasteiger partial charge is 0.103 e. The van der Waals surface area contributed by atoms with Gasteiger partial charge in [-0.05, 0) is 19.4 Å². The summed E-state index contributed by atoms with van der Waals surface area (Å²) in [6.45, 7) is 4.36. The highest BCUT2D eigenvalue weighted by Gasteiger charge is 1.97. The molecule has 0 aromatic carbocycles. The van der Waals surface area contributed by atoms with Crippen molar-refractivity contribution >= 4 is 0 Å². The Morgan fingerprint density at radius 3 is 2.83 bits per heavy atom. The SMILES string of the molecule is CC/C(=C\C(C)OC)NCC#N. The van der Waals surface area contributed by atoms with E-state index in [4.69, 9.17) is 10.00 Å². The lowest BCUT2D eigenvalue weighted by atomic mass is 10.2. The molecule has 68 valence electrons. The summed E-state index contributed by atoms with van der Waals surface area (Å²) in [5, 5.41) is 11.3. The minimum absolute atomic E-state index is 0.103. The molecule has 0 aliphatic rings. The van der Waals surface area contributed by atoms with Crippen molar-refractivity contribution in [2.75, 3.05) is 13.7 Å². The molecular formula is C9H16N2O. The Bertz CT molecular complexity index is 181. The zero-order valence-corrected chi connectivity index (χ0v) is 7.92. The van der Waals surface area contributed by atoms with Crippen LogP contribution in [0, 0.1) is 11.3 Å². The van der Waals surface area contributed by atoms with E-state index in [2.05, 4.69) is 5.32 Å². The molecule has 0 radical (unpaired) electrons. The predicted octanol–water partition coefficient (Wildman–Crippen LogP) is 1.43. The summed E-state index contributed by atoms with van der Waals surface area (Å²) in [6.07, 6.45) is 2.98. The van der Waals surface area contributed by atoms with E-state index in [1.54, 1.807) is 7.11 Å². The quantitative estimate of drug-likeness (QED) is 0.631. The number of methoxy groups -OCH3 is 1. The van der Waals surface area contributed by atoms with Crippen LogP contribution in [0.25, 0.3) is 0 Å². The monoisotopic (exact) mass is 168 g/mol. The summed E-state index contributed by atoms with van der Waals surface area (Å²) in [6, 6.07) is 2.03. The molecule has 0 aromatic heterocycles. The van der Waals surface area contributed by atoms with Gasteiger partial charge in [-0.25, -0.2) is 0 Å². The normalized spacial score (nSPS) is 13.7. The van der Waals surface area contributed by atoms with Gasteiger partial charge in [0.15, 0.2) is 0 Å². The molecule has 1 N–H and O–H groups in total. The molecule has 0 fully saturated rings. The zero-order chi connectivity index (χ0) is 9.40. The summed E-state index contributed by atoms with van der Waals surface area (Å²) in [4.78, 5) is 0. The van der Waals surface area contributed by atoms with Crippen LogP contribution in [-0.4, -0.2) is 19.8 Å². The number of nitrogens with zero attached hydrogens (tertiary/aromatic N) is 1. The fourth-order valence-electron chi connectivity index (χ4n) is 0.806. The van der Waals surface area contributed by atoms with Crippen molar-refractivity contribution in [3.8, 4) is 6.07 Å². The molecule has 0 aromatic rings. The van der Waals surface area contributed by atoms with Gasteiger partial charge >= 0.3 is 0 Å². The maximum atomic E-state index is 8.33. The minimum Gasteiger partial charge on any atom is -0.378 e. The maximum Gasteiger partial charge on any atom is 0.103 e. The molecule has 12 heavy (non-hydrogen) atoms. The third kappa shape index (κ3) is 4.75. The molecule has 1 atom stereocenters. The van der Waals surface area contributed by atoms with E-state index < -0.39 is 0 Å². The Morgan fingerprint density at radius 2 is 2.42 bits per heavy atom. The second kappa shape index (κ2) is 6.68. The van der Waals surface area contributed by atoms with Crippen molar-refractivity contribution in [3.63, 3.8) is 0 Å². The Hall–Kier alpha value is -1.01.